The Morgan fingerprint density at radius 2 is 2.00 bits per heavy atom. The van der Waals surface area contributed by atoms with E-state index in [1.54, 1.807) is 18.2 Å². The minimum Gasteiger partial charge on any atom is -0.454 e. The fourth-order valence-corrected chi connectivity index (χ4v) is 3.68. The molecule has 128 valence electrons. The molecule has 0 spiro atoms. The summed E-state index contributed by atoms with van der Waals surface area (Å²) in [6, 6.07) is 9.09. The minimum absolute atomic E-state index is 0.594. The monoisotopic (exact) mass is 392 g/mol. The summed E-state index contributed by atoms with van der Waals surface area (Å²) in [5.74, 6) is 2.28. The lowest BCUT2D eigenvalue weighted by molar-refractivity contribution is 0.564. The number of fused-ring (bicyclic) bond motifs is 1. The van der Waals surface area contributed by atoms with Crippen LogP contribution < -0.4 is 5.43 Å². The maximum Gasteiger partial charge on any atom is 0.214 e. The summed E-state index contributed by atoms with van der Waals surface area (Å²) in [6.45, 7) is 2.11. The maximum absolute atomic E-state index is 6.26. The van der Waals surface area contributed by atoms with E-state index in [0.717, 1.165) is 35.1 Å². The number of thioether (sulfide) groups is 1. The molecule has 1 aromatic carbocycles. The standard InChI is InChI=1S/C17H14Cl2N4OS/c1-2-3-16-20-21-17-23(16)22-13(9-25-17)15-7-6-14(24-15)11-8-10(18)4-5-12(11)19/h4-9,22H,2-3H2,1H3. The third-order valence-corrected chi connectivity index (χ3v) is 5.15. The number of nitrogens with one attached hydrogen (secondary N) is 1. The van der Waals surface area contributed by atoms with Crippen LogP contribution in [0.25, 0.3) is 17.0 Å². The molecule has 0 aliphatic carbocycles. The van der Waals surface area contributed by atoms with Gasteiger partial charge in [0, 0.05) is 22.4 Å². The van der Waals surface area contributed by atoms with Crippen LogP contribution in [0, 0.1) is 0 Å². The normalized spacial score (nSPS) is 13.3. The smallest absolute Gasteiger partial charge is 0.214 e. The Labute approximate surface area is 159 Å². The molecule has 3 heterocycles. The van der Waals surface area contributed by atoms with Crippen molar-refractivity contribution >= 4 is 40.7 Å². The largest absolute Gasteiger partial charge is 0.454 e. The van der Waals surface area contributed by atoms with Crippen molar-refractivity contribution in [1.29, 1.82) is 0 Å². The zero-order valence-electron chi connectivity index (χ0n) is 13.3. The number of nitrogens with zero attached hydrogens (tertiary/aromatic N) is 3. The van der Waals surface area contributed by atoms with Gasteiger partial charge in [0.25, 0.3) is 0 Å². The fraction of sp³-hybridized carbons (Fsp3) is 0.176. The predicted octanol–water partition coefficient (Wildman–Crippen LogP) is 5.45. The van der Waals surface area contributed by atoms with Gasteiger partial charge in [-0.3, -0.25) is 5.43 Å². The average molecular weight is 393 g/mol. The predicted molar refractivity (Wildman–Crippen MR) is 101 cm³/mol. The van der Waals surface area contributed by atoms with Crippen LogP contribution in [0.1, 0.15) is 24.9 Å². The Hall–Kier alpha value is -1.89. The van der Waals surface area contributed by atoms with Crippen molar-refractivity contribution in [2.75, 3.05) is 5.43 Å². The van der Waals surface area contributed by atoms with Crippen molar-refractivity contribution < 1.29 is 4.42 Å². The van der Waals surface area contributed by atoms with Crippen molar-refractivity contribution in [3.05, 3.63) is 57.4 Å². The highest BCUT2D eigenvalue weighted by atomic mass is 35.5. The van der Waals surface area contributed by atoms with Gasteiger partial charge in [0.2, 0.25) is 5.16 Å². The molecule has 2 aromatic heterocycles. The first-order valence-corrected chi connectivity index (χ1v) is 9.43. The van der Waals surface area contributed by atoms with Gasteiger partial charge in [-0.25, -0.2) is 4.68 Å². The number of benzene rings is 1. The van der Waals surface area contributed by atoms with E-state index in [9.17, 15) is 0 Å². The Balaban J connectivity index is 1.63. The molecule has 25 heavy (non-hydrogen) atoms. The van der Waals surface area contributed by atoms with E-state index in [-0.39, 0.29) is 0 Å². The van der Waals surface area contributed by atoms with E-state index in [1.807, 2.05) is 22.2 Å². The second-order valence-corrected chi connectivity index (χ2v) is 7.21. The van der Waals surface area contributed by atoms with E-state index in [4.69, 9.17) is 27.6 Å². The van der Waals surface area contributed by atoms with E-state index in [2.05, 4.69) is 22.5 Å². The molecule has 0 unspecified atom stereocenters. The Morgan fingerprint density at radius 1 is 1.16 bits per heavy atom. The first-order valence-electron chi connectivity index (χ1n) is 7.79. The van der Waals surface area contributed by atoms with Crippen LogP contribution in [-0.2, 0) is 6.42 Å². The molecule has 5 nitrogen and oxygen atoms in total. The van der Waals surface area contributed by atoms with Crippen LogP contribution in [-0.4, -0.2) is 14.9 Å². The second kappa shape index (κ2) is 6.78. The molecule has 0 atom stereocenters. The third-order valence-electron chi connectivity index (χ3n) is 3.75. The molecule has 0 bridgehead atoms. The Bertz CT molecular complexity index is 963. The molecule has 4 rings (SSSR count). The van der Waals surface area contributed by atoms with Gasteiger partial charge in [0.15, 0.2) is 11.6 Å². The summed E-state index contributed by atoms with van der Waals surface area (Å²) in [5, 5.41) is 12.4. The average Bonchev–Trinajstić information content (AvgIpc) is 3.25. The van der Waals surface area contributed by atoms with Crippen molar-refractivity contribution in [1.82, 2.24) is 14.9 Å². The first kappa shape index (κ1) is 16.6. The van der Waals surface area contributed by atoms with Gasteiger partial charge in [-0.1, -0.05) is 41.9 Å². The van der Waals surface area contributed by atoms with E-state index in [0.29, 0.717) is 21.6 Å². The van der Waals surface area contributed by atoms with Crippen LogP contribution in [0.5, 0.6) is 0 Å². The van der Waals surface area contributed by atoms with Crippen molar-refractivity contribution in [2.45, 2.75) is 24.9 Å². The van der Waals surface area contributed by atoms with E-state index >= 15 is 0 Å². The molecule has 0 saturated heterocycles. The number of aromatic nitrogens is 3. The van der Waals surface area contributed by atoms with Crippen molar-refractivity contribution in [3.8, 4) is 11.3 Å². The van der Waals surface area contributed by atoms with Gasteiger partial charge < -0.3 is 4.42 Å². The lowest BCUT2D eigenvalue weighted by Gasteiger charge is -2.17. The highest BCUT2D eigenvalue weighted by Gasteiger charge is 2.20. The zero-order chi connectivity index (χ0) is 17.4. The van der Waals surface area contributed by atoms with Crippen LogP contribution in [0.3, 0.4) is 0 Å². The van der Waals surface area contributed by atoms with Crippen LogP contribution in [0.2, 0.25) is 10.0 Å². The lowest BCUT2D eigenvalue weighted by Crippen LogP contribution is -2.19. The van der Waals surface area contributed by atoms with Crippen LogP contribution >= 0.6 is 35.0 Å². The van der Waals surface area contributed by atoms with E-state index < -0.39 is 0 Å². The third kappa shape index (κ3) is 3.17. The topological polar surface area (TPSA) is 55.9 Å². The van der Waals surface area contributed by atoms with Gasteiger partial charge in [-0.15, -0.1) is 10.2 Å². The van der Waals surface area contributed by atoms with Crippen molar-refractivity contribution in [2.24, 2.45) is 0 Å². The summed E-state index contributed by atoms with van der Waals surface area (Å²) in [5.41, 5.74) is 4.93. The highest BCUT2D eigenvalue weighted by molar-refractivity contribution is 8.02. The van der Waals surface area contributed by atoms with Gasteiger partial charge >= 0.3 is 0 Å². The number of hydrogen-bond acceptors (Lipinski definition) is 5. The molecule has 1 N–H and O–H groups in total. The lowest BCUT2D eigenvalue weighted by atomic mass is 10.2. The van der Waals surface area contributed by atoms with Crippen molar-refractivity contribution in [3.63, 3.8) is 0 Å². The summed E-state index contributed by atoms with van der Waals surface area (Å²) in [7, 11) is 0. The number of halogens is 2. The molecule has 1 aliphatic rings. The molecule has 0 fully saturated rings. The quantitative estimate of drug-likeness (QED) is 0.639. The Morgan fingerprint density at radius 3 is 2.84 bits per heavy atom. The van der Waals surface area contributed by atoms with Crippen LogP contribution in [0.4, 0.5) is 0 Å². The van der Waals surface area contributed by atoms with Gasteiger partial charge in [-0.2, -0.15) is 0 Å². The molecule has 0 radical (unpaired) electrons. The maximum atomic E-state index is 6.26. The van der Waals surface area contributed by atoms with Crippen LogP contribution in [0.15, 0.2) is 45.3 Å². The molecule has 0 amide bonds. The molecule has 1 aliphatic heterocycles. The Kier molecular flexibility index (Phi) is 4.50. The van der Waals surface area contributed by atoms with E-state index in [1.165, 1.54) is 11.8 Å². The number of aryl methyl sites for hydroxylation is 1. The molecular weight excluding hydrogens is 379 g/mol. The van der Waals surface area contributed by atoms with Gasteiger partial charge in [0.1, 0.15) is 11.5 Å². The minimum atomic E-state index is 0.594. The van der Waals surface area contributed by atoms with Gasteiger partial charge in [-0.05, 0) is 36.8 Å². The zero-order valence-corrected chi connectivity index (χ0v) is 15.6. The first-order chi connectivity index (χ1) is 12.2. The molecule has 0 saturated carbocycles. The summed E-state index contributed by atoms with van der Waals surface area (Å²) < 4.78 is 7.90. The number of hydrogen-bond donors (Lipinski definition) is 1. The molecule has 8 heteroatoms. The summed E-state index contributed by atoms with van der Waals surface area (Å²) in [6.07, 6.45) is 1.86. The second-order valence-electron chi connectivity index (χ2n) is 5.53. The number of rotatable bonds is 4. The summed E-state index contributed by atoms with van der Waals surface area (Å²) >= 11 is 13.8. The SMILES string of the molecule is CCCc1nnc2n1NC(c1ccc(-c3cc(Cl)ccc3Cl)o1)=CS2. The highest BCUT2D eigenvalue weighted by Crippen LogP contribution is 2.35. The summed E-state index contributed by atoms with van der Waals surface area (Å²) in [4.78, 5) is 0. The fourth-order valence-electron chi connectivity index (χ4n) is 2.56. The van der Waals surface area contributed by atoms with Gasteiger partial charge in [0.05, 0.1) is 5.02 Å². The molecule has 3 aromatic rings. The molecular formula is C17H14Cl2N4OS. The number of furan rings is 1.